The van der Waals surface area contributed by atoms with E-state index in [1.165, 1.54) is 11.3 Å². The van der Waals surface area contributed by atoms with Crippen molar-refractivity contribution in [3.05, 3.63) is 28.6 Å². The lowest BCUT2D eigenvalue weighted by atomic mass is 10.1. The number of rotatable bonds is 1. The van der Waals surface area contributed by atoms with Crippen molar-refractivity contribution in [2.45, 2.75) is 6.92 Å². The number of aldehydes is 1. The van der Waals surface area contributed by atoms with Crippen LogP contribution in [0.4, 0.5) is 0 Å². The summed E-state index contributed by atoms with van der Waals surface area (Å²) < 4.78 is 0.958. The number of carbonyl (C=O) groups excluding carboxylic acids is 1. The second-order valence-corrected chi connectivity index (χ2v) is 4.06. The van der Waals surface area contributed by atoms with Gasteiger partial charge in [-0.3, -0.25) is 4.79 Å². The maximum absolute atomic E-state index is 10.5. The lowest BCUT2D eigenvalue weighted by Gasteiger charge is -1.96. The van der Waals surface area contributed by atoms with E-state index in [0.717, 1.165) is 21.9 Å². The SMILES string of the molecule is Cc1cc(O)cc2sc(C=O)cc12. The maximum atomic E-state index is 10.5. The molecule has 0 spiro atoms. The van der Waals surface area contributed by atoms with Crippen LogP contribution in [0.2, 0.25) is 0 Å². The molecule has 0 unspecified atom stereocenters. The molecular formula is C10H8O2S. The van der Waals surface area contributed by atoms with Crippen LogP contribution in [0, 0.1) is 6.92 Å². The summed E-state index contributed by atoms with van der Waals surface area (Å²) in [6.45, 7) is 1.92. The minimum absolute atomic E-state index is 0.254. The Hall–Kier alpha value is -1.35. The van der Waals surface area contributed by atoms with E-state index >= 15 is 0 Å². The summed E-state index contributed by atoms with van der Waals surface area (Å²) in [5, 5.41) is 10.4. The highest BCUT2D eigenvalue weighted by Crippen LogP contribution is 2.30. The largest absolute Gasteiger partial charge is 0.508 e. The van der Waals surface area contributed by atoms with Crippen molar-refractivity contribution in [2.24, 2.45) is 0 Å². The Kier molecular flexibility index (Phi) is 1.81. The van der Waals surface area contributed by atoms with Crippen LogP contribution in [0.15, 0.2) is 18.2 Å². The molecule has 0 aliphatic carbocycles. The van der Waals surface area contributed by atoms with Crippen molar-refractivity contribution in [1.29, 1.82) is 0 Å². The Bertz CT molecular complexity index is 471. The molecule has 1 aromatic carbocycles. The molecule has 3 heteroatoms. The Morgan fingerprint density at radius 3 is 2.85 bits per heavy atom. The van der Waals surface area contributed by atoms with Gasteiger partial charge in [-0.05, 0) is 36.1 Å². The van der Waals surface area contributed by atoms with E-state index in [9.17, 15) is 9.90 Å². The Balaban J connectivity index is 2.82. The molecule has 13 heavy (non-hydrogen) atoms. The van der Waals surface area contributed by atoms with Gasteiger partial charge in [0.25, 0.3) is 0 Å². The summed E-state index contributed by atoms with van der Waals surface area (Å²) in [6.07, 6.45) is 0.834. The van der Waals surface area contributed by atoms with Crippen LogP contribution in [-0.4, -0.2) is 11.4 Å². The molecule has 2 nitrogen and oxygen atoms in total. The van der Waals surface area contributed by atoms with Gasteiger partial charge in [0, 0.05) is 4.70 Å². The van der Waals surface area contributed by atoms with Crippen molar-refractivity contribution < 1.29 is 9.90 Å². The Labute approximate surface area is 79.4 Å². The van der Waals surface area contributed by atoms with Crippen molar-refractivity contribution >= 4 is 27.7 Å². The molecule has 0 aliphatic heterocycles. The normalized spacial score (nSPS) is 10.5. The first-order chi connectivity index (χ1) is 6.20. The molecule has 2 rings (SSSR count). The van der Waals surface area contributed by atoms with E-state index in [-0.39, 0.29) is 5.75 Å². The standard InChI is InChI=1S/C10H8O2S/c1-6-2-7(12)3-10-9(6)4-8(5-11)13-10/h2-5,12H,1H3. The molecule has 1 N–H and O–H groups in total. The van der Waals surface area contributed by atoms with Crippen LogP contribution in [0.3, 0.4) is 0 Å². The smallest absolute Gasteiger partial charge is 0.160 e. The van der Waals surface area contributed by atoms with E-state index in [1.807, 2.05) is 13.0 Å². The van der Waals surface area contributed by atoms with Gasteiger partial charge in [0.2, 0.25) is 0 Å². The van der Waals surface area contributed by atoms with Gasteiger partial charge in [-0.15, -0.1) is 11.3 Å². The third-order valence-corrected chi connectivity index (χ3v) is 2.97. The third-order valence-electron chi connectivity index (χ3n) is 1.96. The number of carbonyl (C=O) groups is 1. The van der Waals surface area contributed by atoms with Gasteiger partial charge < -0.3 is 5.11 Å². The second-order valence-electron chi connectivity index (χ2n) is 2.94. The highest BCUT2D eigenvalue weighted by atomic mass is 32.1. The molecule has 0 amide bonds. The molecule has 66 valence electrons. The van der Waals surface area contributed by atoms with Crippen LogP contribution in [0.1, 0.15) is 15.2 Å². The van der Waals surface area contributed by atoms with Crippen molar-refractivity contribution in [3.8, 4) is 5.75 Å². The predicted octanol–water partition coefficient (Wildman–Crippen LogP) is 2.73. The van der Waals surface area contributed by atoms with Gasteiger partial charge in [0.1, 0.15) is 5.75 Å². The number of benzene rings is 1. The van der Waals surface area contributed by atoms with Gasteiger partial charge in [-0.25, -0.2) is 0 Å². The summed E-state index contributed by atoms with van der Waals surface area (Å²) in [4.78, 5) is 11.2. The quantitative estimate of drug-likeness (QED) is 0.705. The zero-order chi connectivity index (χ0) is 9.42. The molecule has 0 saturated carbocycles. The summed E-state index contributed by atoms with van der Waals surface area (Å²) in [5.74, 6) is 0.254. The molecule has 0 saturated heterocycles. The highest BCUT2D eigenvalue weighted by Gasteiger charge is 2.04. The topological polar surface area (TPSA) is 37.3 Å². The first kappa shape index (κ1) is 8.26. The van der Waals surface area contributed by atoms with Crippen molar-refractivity contribution in [3.63, 3.8) is 0 Å². The fourth-order valence-electron chi connectivity index (χ4n) is 1.37. The number of hydrogen-bond donors (Lipinski definition) is 1. The average molecular weight is 192 g/mol. The monoisotopic (exact) mass is 192 g/mol. The molecule has 0 fully saturated rings. The van der Waals surface area contributed by atoms with Gasteiger partial charge in [-0.1, -0.05) is 0 Å². The van der Waals surface area contributed by atoms with Crippen LogP contribution in [0.5, 0.6) is 5.75 Å². The Morgan fingerprint density at radius 1 is 1.38 bits per heavy atom. The van der Waals surface area contributed by atoms with E-state index in [2.05, 4.69) is 0 Å². The minimum atomic E-state index is 0.254. The van der Waals surface area contributed by atoms with Crippen LogP contribution >= 0.6 is 11.3 Å². The van der Waals surface area contributed by atoms with Gasteiger partial charge in [0.05, 0.1) is 4.88 Å². The number of hydrogen-bond acceptors (Lipinski definition) is 3. The van der Waals surface area contributed by atoms with Crippen LogP contribution in [-0.2, 0) is 0 Å². The molecular weight excluding hydrogens is 184 g/mol. The number of aromatic hydroxyl groups is 1. The number of thiophene rings is 1. The lowest BCUT2D eigenvalue weighted by Crippen LogP contribution is -1.72. The number of fused-ring (bicyclic) bond motifs is 1. The maximum Gasteiger partial charge on any atom is 0.160 e. The minimum Gasteiger partial charge on any atom is -0.508 e. The fourth-order valence-corrected chi connectivity index (χ4v) is 2.36. The molecule has 1 aromatic heterocycles. The van der Waals surface area contributed by atoms with Gasteiger partial charge in [0.15, 0.2) is 6.29 Å². The molecule has 0 radical (unpaired) electrons. The van der Waals surface area contributed by atoms with Gasteiger partial charge >= 0.3 is 0 Å². The zero-order valence-corrected chi connectivity index (χ0v) is 7.89. The van der Waals surface area contributed by atoms with Crippen molar-refractivity contribution in [1.82, 2.24) is 0 Å². The van der Waals surface area contributed by atoms with Crippen LogP contribution < -0.4 is 0 Å². The molecule has 2 aromatic rings. The summed E-state index contributed by atoms with van der Waals surface area (Å²) in [5.41, 5.74) is 0.999. The number of aryl methyl sites for hydroxylation is 1. The first-order valence-corrected chi connectivity index (χ1v) is 4.70. The highest BCUT2D eigenvalue weighted by molar-refractivity contribution is 7.20. The van der Waals surface area contributed by atoms with Gasteiger partial charge in [-0.2, -0.15) is 0 Å². The summed E-state index contributed by atoms with van der Waals surface area (Å²) in [7, 11) is 0. The number of phenols is 1. The first-order valence-electron chi connectivity index (χ1n) is 3.89. The predicted molar refractivity (Wildman–Crippen MR) is 53.6 cm³/mol. The molecule has 1 heterocycles. The average Bonchev–Trinajstić information content (AvgIpc) is 2.47. The third kappa shape index (κ3) is 1.31. The molecule has 0 atom stereocenters. The van der Waals surface area contributed by atoms with E-state index in [0.29, 0.717) is 4.88 Å². The molecule has 0 aliphatic rings. The van der Waals surface area contributed by atoms with Crippen LogP contribution in [0.25, 0.3) is 10.1 Å². The van der Waals surface area contributed by atoms with E-state index < -0.39 is 0 Å². The van der Waals surface area contributed by atoms with E-state index in [1.54, 1.807) is 12.1 Å². The second kappa shape index (κ2) is 2.85. The van der Waals surface area contributed by atoms with Crippen molar-refractivity contribution in [2.75, 3.05) is 0 Å². The fraction of sp³-hybridized carbons (Fsp3) is 0.100. The number of phenolic OH excluding ortho intramolecular Hbond substituents is 1. The zero-order valence-electron chi connectivity index (χ0n) is 7.07. The van der Waals surface area contributed by atoms with E-state index in [4.69, 9.17) is 0 Å². The summed E-state index contributed by atoms with van der Waals surface area (Å²) in [6, 6.07) is 5.23. The lowest BCUT2D eigenvalue weighted by molar-refractivity contribution is 0.112. The summed E-state index contributed by atoms with van der Waals surface area (Å²) >= 11 is 1.40. The molecule has 0 bridgehead atoms. The Morgan fingerprint density at radius 2 is 2.15 bits per heavy atom.